The topological polar surface area (TPSA) is 52.3 Å². The van der Waals surface area contributed by atoms with Crippen LogP contribution in [-0.2, 0) is 11.3 Å². The number of nitrogens with two attached hydrogens (primary N) is 1. The van der Waals surface area contributed by atoms with Crippen LogP contribution in [0.2, 0.25) is 0 Å². The molecule has 0 heterocycles. The van der Waals surface area contributed by atoms with Crippen LogP contribution in [0.25, 0.3) is 0 Å². The number of carbonyl (C=O) groups is 1. The predicted octanol–water partition coefficient (Wildman–Crippen LogP) is 3.52. The van der Waals surface area contributed by atoms with Gasteiger partial charge in [-0.2, -0.15) is 0 Å². The van der Waals surface area contributed by atoms with Gasteiger partial charge in [0.25, 0.3) is 0 Å². The normalized spacial score (nSPS) is 10.5. The molecule has 3 nitrogen and oxygen atoms in total. The zero-order chi connectivity index (χ0) is 15.6. The molecule has 0 amide bonds. The third-order valence-electron chi connectivity index (χ3n) is 3.25. The van der Waals surface area contributed by atoms with Crippen LogP contribution < -0.4 is 5.73 Å². The van der Waals surface area contributed by atoms with E-state index in [0.717, 1.165) is 28.8 Å². The van der Waals surface area contributed by atoms with Gasteiger partial charge in [0.05, 0.1) is 5.56 Å². The maximum absolute atomic E-state index is 13.1. The second-order valence-electron chi connectivity index (χ2n) is 4.85. The van der Waals surface area contributed by atoms with Gasteiger partial charge in [-0.1, -0.05) is 18.2 Å². The SMILES string of the molecule is Cc1ccc(COC(=O)c2cc(F)c(F)cc2N)cc1C. The highest BCUT2D eigenvalue weighted by atomic mass is 19.2. The molecule has 2 aromatic carbocycles. The van der Waals surface area contributed by atoms with E-state index in [1.54, 1.807) is 0 Å². The molecular weight excluding hydrogens is 276 g/mol. The van der Waals surface area contributed by atoms with Crippen LogP contribution in [0, 0.1) is 25.5 Å². The van der Waals surface area contributed by atoms with Gasteiger partial charge in [-0.25, -0.2) is 13.6 Å². The van der Waals surface area contributed by atoms with E-state index in [0.29, 0.717) is 0 Å². The second-order valence-corrected chi connectivity index (χ2v) is 4.85. The third-order valence-corrected chi connectivity index (χ3v) is 3.25. The fraction of sp³-hybridized carbons (Fsp3) is 0.188. The van der Waals surface area contributed by atoms with Crippen LogP contribution in [0.1, 0.15) is 27.0 Å². The molecule has 0 bridgehead atoms. The van der Waals surface area contributed by atoms with Crippen molar-refractivity contribution in [3.8, 4) is 0 Å². The summed E-state index contributed by atoms with van der Waals surface area (Å²) in [4.78, 5) is 11.9. The van der Waals surface area contributed by atoms with E-state index in [2.05, 4.69) is 0 Å². The van der Waals surface area contributed by atoms with Crippen LogP contribution in [0.15, 0.2) is 30.3 Å². The predicted molar refractivity (Wildman–Crippen MR) is 75.8 cm³/mol. The summed E-state index contributed by atoms with van der Waals surface area (Å²) in [5.74, 6) is -3.02. The number of hydrogen-bond acceptors (Lipinski definition) is 3. The van der Waals surface area contributed by atoms with Crippen molar-refractivity contribution >= 4 is 11.7 Å². The molecule has 0 saturated heterocycles. The van der Waals surface area contributed by atoms with Gasteiger partial charge < -0.3 is 10.5 Å². The number of esters is 1. The van der Waals surface area contributed by atoms with Crippen molar-refractivity contribution in [2.75, 3.05) is 5.73 Å². The average molecular weight is 291 g/mol. The number of anilines is 1. The number of benzene rings is 2. The zero-order valence-corrected chi connectivity index (χ0v) is 11.7. The molecule has 0 aliphatic heterocycles. The highest BCUT2D eigenvalue weighted by molar-refractivity contribution is 5.95. The first kappa shape index (κ1) is 15.0. The maximum Gasteiger partial charge on any atom is 0.340 e. The van der Waals surface area contributed by atoms with Crippen LogP contribution in [0.3, 0.4) is 0 Å². The first-order chi connectivity index (χ1) is 9.88. The van der Waals surface area contributed by atoms with Gasteiger partial charge in [-0.15, -0.1) is 0 Å². The summed E-state index contributed by atoms with van der Waals surface area (Å²) in [6.07, 6.45) is 0. The number of carbonyl (C=O) groups excluding carboxylic acids is 1. The minimum absolute atomic E-state index is 0.0401. The summed E-state index contributed by atoms with van der Waals surface area (Å²) >= 11 is 0. The molecule has 5 heteroatoms. The van der Waals surface area contributed by atoms with E-state index in [1.807, 2.05) is 32.0 Å². The molecule has 2 N–H and O–H groups in total. The zero-order valence-electron chi connectivity index (χ0n) is 11.7. The Morgan fingerprint density at radius 1 is 1.10 bits per heavy atom. The fourth-order valence-electron chi connectivity index (χ4n) is 1.86. The molecule has 110 valence electrons. The van der Waals surface area contributed by atoms with Gasteiger partial charge in [-0.05, 0) is 36.6 Å². The molecule has 0 unspecified atom stereocenters. The van der Waals surface area contributed by atoms with Gasteiger partial charge in [0.15, 0.2) is 11.6 Å². The monoisotopic (exact) mass is 291 g/mol. The molecule has 0 aliphatic carbocycles. The first-order valence-electron chi connectivity index (χ1n) is 6.36. The summed E-state index contributed by atoms with van der Waals surface area (Å²) in [7, 11) is 0. The van der Waals surface area contributed by atoms with Gasteiger partial charge in [0.2, 0.25) is 0 Å². The lowest BCUT2D eigenvalue weighted by Gasteiger charge is -2.09. The quantitative estimate of drug-likeness (QED) is 0.695. The summed E-state index contributed by atoms with van der Waals surface area (Å²) in [5, 5.41) is 0. The van der Waals surface area contributed by atoms with E-state index in [-0.39, 0.29) is 17.9 Å². The Balaban J connectivity index is 2.11. The number of rotatable bonds is 3. The Morgan fingerprint density at radius 2 is 1.76 bits per heavy atom. The van der Waals surface area contributed by atoms with Crippen molar-refractivity contribution < 1.29 is 18.3 Å². The second kappa shape index (κ2) is 5.91. The number of aryl methyl sites for hydroxylation is 2. The lowest BCUT2D eigenvalue weighted by Crippen LogP contribution is -2.09. The fourth-order valence-corrected chi connectivity index (χ4v) is 1.86. The van der Waals surface area contributed by atoms with Gasteiger partial charge in [0.1, 0.15) is 6.61 Å². The van der Waals surface area contributed by atoms with Crippen LogP contribution >= 0.6 is 0 Å². The smallest absolute Gasteiger partial charge is 0.340 e. The van der Waals surface area contributed by atoms with Gasteiger partial charge in [0, 0.05) is 11.8 Å². The number of halogens is 2. The minimum Gasteiger partial charge on any atom is -0.457 e. The molecule has 21 heavy (non-hydrogen) atoms. The number of hydrogen-bond donors (Lipinski definition) is 1. The minimum atomic E-state index is -1.14. The average Bonchev–Trinajstić information content (AvgIpc) is 2.44. The first-order valence-corrected chi connectivity index (χ1v) is 6.36. The number of nitrogen functional groups attached to an aromatic ring is 1. The highest BCUT2D eigenvalue weighted by Crippen LogP contribution is 2.19. The summed E-state index contributed by atoms with van der Waals surface area (Å²) in [6, 6.07) is 7.17. The molecule has 0 saturated carbocycles. The third kappa shape index (κ3) is 3.37. The van der Waals surface area contributed by atoms with Crippen LogP contribution in [0.5, 0.6) is 0 Å². The lowest BCUT2D eigenvalue weighted by molar-refractivity contribution is 0.0473. The molecule has 0 aromatic heterocycles. The molecule has 0 atom stereocenters. The van der Waals surface area contributed by atoms with Crippen molar-refractivity contribution in [2.24, 2.45) is 0 Å². The Labute approximate surface area is 121 Å². The van der Waals surface area contributed by atoms with Crippen molar-refractivity contribution in [3.05, 3.63) is 64.2 Å². The Hall–Kier alpha value is -2.43. The highest BCUT2D eigenvalue weighted by Gasteiger charge is 2.15. The Morgan fingerprint density at radius 3 is 2.43 bits per heavy atom. The van der Waals surface area contributed by atoms with E-state index < -0.39 is 17.6 Å². The Kier molecular flexibility index (Phi) is 4.21. The van der Waals surface area contributed by atoms with E-state index >= 15 is 0 Å². The largest absolute Gasteiger partial charge is 0.457 e. The van der Waals surface area contributed by atoms with E-state index in [4.69, 9.17) is 10.5 Å². The van der Waals surface area contributed by atoms with Gasteiger partial charge >= 0.3 is 5.97 Å². The summed E-state index contributed by atoms with van der Waals surface area (Å²) < 4.78 is 31.2. The van der Waals surface area contributed by atoms with Crippen molar-refractivity contribution in [3.63, 3.8) is 0 Å². The molecular formula is C16H15F2NO2. The van der Waals surface area contributed by atoms with Crippen molar-refractivity contribution in [1.82, 2.24) is 0 Å². The van der Waals surface area contributed by atoms with E-state index in [9.17, 15) is 13.6 Å². The summed E-state index contributed by atoms with van der Waals surface area (Å²) in [5.41, 5.74) is 8.19. The molecule has 2 aromatic rings. The van der Waals surface area contributed by atoms with Crippen LogP contribution in [-0.4, -0.2) is 5.97 Å². The lowest BCUT2D eigenvalue weighted by atomic mass is 10.1. The molecule has 0 aliphatic rings. The van der Waals surface area contributed by atoms with E-state index in [1.165, 1.54) is 0 Å². The molecule has 0 spiro atoms. The maximum atomic E-state index is 13.1. The summed E-state index contributed by atoms with van der Waals surface area (Å²) in [6.45, 7) is 3.97. The molecule has 2 rings (SSSR count). The molecule has 0 radical (unpaired) electrons. The number of ether oxygens (including phenoxy) is 1. The van der Waals surface area contributed by atoms with Gasteiger partial charge in [-0.3, -0.25) is 0 Å². The standard InChI is InChI=1S/C16H15F2NO2/c1-9-3-4-11(5-10(9)2)8-21-16(20)12-6-13(17)14(18)7-15(12)19/h3-7H,8,19H2,1-2H3. The van der Waals surface area contributed by atoms with Crippen molar-refractivity contribution in [1.29, 1.82) is 0 Å². The van der Waals surface area contributed by atoms with Crippen molar-refractivity contribution in [2.45, 2.75) is 20.5 Å². The Bertz CT molecular complexity index is 699. The molecule has 0 fully saturated rings. The van der Waals surface area contributed by atoms with Crippen LogP contribution in [0.4, 0.5) is 14.5 Å².